The Hall–Kier alpha value is -2.84. The van der Waals surface area contributed by atoms with Gasteiger partial charge in [-0.05, 0) is 38.2 Å². The van der Waals surface area contributed by atoms with E-state index in [2.05, 4.69) is 10.1 Å². The number of hydrogen-bond acceptors (Lipinski definition) is 5. The summed E-state index contributed by atoms with van der Waals surface area (Å²) in [5.41, 5.74) is 8.06. The van der Waals surface area contributed by atoms with E-state index < -0.39 is 11.2 Å². The van der Waals surface area contributed by atoms with Crippen LogP contribution in [-0.4, -0.2) is 31.8 Å². The lowest BCUT2D eigenvalue weighted by Crippen LogP contribution is -2.42. The SMILES string of the molecule is CCCCN(C(=O)CCc1c(C)nn(C)c1C)c1c(N)n(CC(C)C)c(=O)[nH]c1=O. The van der Waals surface area contributed by atoms with Crippen molar-refractivity contribution < 1.29 is 4.79 Å². The number of nitrogens with two attached hydrogens (primary N) is 1. The van der Waals surface area contributed by atoms with Gasteiger partial charge in [0, 0.05) is 32.3 Å². The predicted molar refractivity (Wildman–Crippen MR) is 119 cm³/mol. The zero-order chi connectivity index (χ0) is 22.6. The van der Waals surface area contributed by atoms with E-state index in [0.29, 0.717) is 19.5 Å². The Labute approximate surface area is 176 Å². The number of carbonyl (C=O) groups is 1. The maximum Gasteiger partial charge on any atom is 0.330 e. The first kappa shape index (κ1) is 23.4. The van der Waals surface area contributed by atoms with Gasteiger partial charge in [0.15, 0.2) is 5.69 Å². The van der Waals surface area contributed by atoms with Crippen molar-refractivity contribution in [3.63, 3.8) is 0 Å². The Morgan fingerprint density at radius 2 is 1.93 bits per heavy atom. The van der Waals surface area contributed by atoms with E-state index in [9.17, 15) is 14.4 Å². The number of nitrogens with zero attached hydrogens (tertiary/aromatic N) is 4. The van der Waals surface area contributed by atoms with E-state index in [-0.39, 0.29) is 29.8 Å². The lowest BCUT2D eigenvalue weighted by molar-refractivity contribution is -0.118. The third-order valence-electron chi connectivity index (χ3n) is 5.32. The van der Waals surface area contributed by atoms with Crippen LogP contribution >= 0.6 is 0 Å². The fourth-order valence-electron chi connectivity index (χ4n) is 3.61. The number of unbranched alkanes of at least 4 members (excludes halogenated alkanes) is 1. The molecule has 0 unspecified atom stereocenters. The Balaban J connectivity index is 2.40. The number of rotatable bonds is 9. The number of aryl methyl sites for hydroxylation is 2. The molecule has 0 saturated heterocycles. The van der Waals surface area contributed by atoms with Crippen LogP contribution in [0.25, 0.3) is 0 Å². The van der Waals surface area contributed by atoms with Gasteiger partial charge in [0.1, 0.15) is 5.82 Å². The minimum Gasteiger partial charge on any atom is -0.383 e. The van der Waals surface area contributed by atoms with Gasteiger partial charge in [-0.3, -0.25) is 23.8 Å². The van der Waals surface area contributed by atoms with Crippen molar-refractivity contribution in [1.82, 2.24) is 19.3 Å². The quantitative estimate of drug-likeness (QED) is 0.644. The third-order valence-corrected chi connectivity index (χ3v) is 5.32. The molecule has 0 saturated carbocycles. The highest BCUT2D eigenvalue weighted by molar-refractivity contribution is 5.95. The van der Waals surface area contributed by atoms with Crippen molar-refractivity contribution in [3.05, 3.63) is 37.8 Å². The first-order valence-corrected chi connectivity index (χ1v) is 10.5. The number of anilines is 2. The lowest BCUT2D eigenvalue weighted by atomic mass is 10.1. The van der Waals surface area contributed by atoms with Gasteiger partial charge in [-0.1, -0.05) is 27.2 Å². The summed E-state index contributed by atoms with van der Waals surface area (Å²) in [5.74, 6) is -0.00577. The van der Waals surface area contributed by atoms with Crippen LogP contribution in [-0.2, 0) is 24.8 Å². The van der Waals surface area contributed by atoms with Crippen molar-refractivity contribution >= 4 is 17.4 Å². The Kier molecular flexibility index (Phi) is 7.64. The highest BCUT2D eigenvalue weighted by atomic mass is 16.2. The maximum atomic E-state index is 13.2. The highest BCUT2D eigenvalue weighted by Crippen LogP contribution is 2.21. The summed E-state index contributed by atoms with van der Waals surface area (Å²) >= 11 is 0. The first-order chi connectivity index (χ1) is 14.1. The largest absolute Gasteiger partial charge is 0.383 e. The number of nitrogens with one attached hydrogen (secondary N) is 1. The average molecular weight is 419 g/mol. The minimum atomic E-state index is -0.629. The fourth-order valence-corrected chi connectivity index (χ4v) is 3.61. The van der Waals surface area contributed by atoms with Crippen LogP contribution < -0.4 is 21.9 Å². The van der Waals surface area contributed by atoms with Crippen LogP contribution in [0.3, 0.4) is 0 Å². The van der Waals surface area contributed by atoms with Crippen molar-refractivity contribution in [2.45, 2.75) is 66.8 Å². The normalized spacial score (nSPS) is 11.3. The second-order valence-corrected chi connectivity index (χ2v) is 8.17. The molecule has 1 amide bonds. The zero-order valence-electron chi connectivity index (χ0n) is 18.9. The molecule has 2 rings (SSSR count). The third kappa shape index (κ3) is 5.01. The van der Waals surface area contributed by atoms with Crippen molar-refractivity contribution in [3.8, 4) is 0 Å². The van der Waals surface area contributed by atoms with Gasteiger partial charge in [0.05, 0.1) is 5.69 Å². The first-order valence-electron chi connectivity index (χ1n) is 10.5. The lowest BCUT2D eigenvalue weighted by Gasteiger charge is -2.25. The second kappa shape index (κ2) is 9.77. The van der Waals surface area contributed by atoms with Crippen LogP contribution in [0, 0.1) is 19.8 Å². The molecule has 166 valence electrons. The summed E-state index contributed by atoms with van der Waals surface area (Å²) in [6.07, 6.45) is 2.32. The Morgan fingerprint density at radius 1 is 1.27 bits per heavy atom. The molecule has 2 heterocycles. The van der Waals surface area contributed by atoms with Crippen molar-refractivity contribution in [2.24, 2.45) is 13.0 Å². The summed E-state index contributed by atoms with van der Waals surface area (Å²) in [7, 11) is 1.87. The monoisotopic (exact) mass is 418 g/mol. The molecule has 2 aromatic rings. The molecule has 2 aromatic heterocycles. The van der Waals surface area contributed by atoms with Crippen molar-refractivity contribution in [1.29, 1.82) is 0 Å². The van der Waals surface area contributed by atoms with Crippen molar-refractivity contribution in [2.75, 3.05) is 17.2 Å². The molecule has 0 bridgehead atoms. The molecule has 0 aliphatic rings. The standard InChI is InChI=1S/C21H34N6O3/c1-7-8-11-26(17(28)10-9-16-14(4)24-25(6)15(16)5)18-19(22)27(12-13(2)3)21(30)23-20(18)29/h13H,7-12,22H2,1-6H3,(H,23,29,30). The van der Waals surface area contributed by atoms with E-state index in [1.807, 2.05) is 41.7 Å². The van der Waals surface area contributed by atoms with E-state index in [1.165, 1.54) is 9.47 Å². The fraction of sp³-hybridized carbons (Fsp3) is 0.619. The van der Waals surface area contributed by atoms with Gasteiger partial charge in [-0.25, -0.2) is 4.79 Å². The zero-order valence-corrected chi connectivity index (χ0v) is 18.9. The molecule has 0 spiro atoms. The van der Waals surface area contributed by atoms with Gasteiger partial charge in [0.25, 0.3) is 5.56 Å². The van der Waals surface area contributed by atoms with E-state index in [0.717, 1.165) is 29.8 Å². The predicted octanol–water partition coefficient (Wildman–Crippen LogP) is 1.89. The van der Waals surface area contributed by atoms with Crippen LogP contribution in [0.15, 0.2) is 9.59 Å². The number of hydrogen-bond donors (Lipinski definition) is 2. The molecule has 0 fully saturated rings. The molecule has 3 N–H and O–H groups in total. The van der Waals surface area contributed by atoms with E-state index >= 15 is 0 Å². The average Bonchev–Trinajstić information content (AvgIpc) is 2.90. The van der Waals surface area contributed by atoms with Gasteiger partial charge in [0.2, 0.25) is 5.91 Å². The topological polar surface area (TPSA) is 119 Å². The van der Waals surface area contributed by atoms with Gasteiger partial charge < -0.3 is 10.6 Å². The second-order valence-electron chi connectivity index (χ2n) is 8.17. The minimum absolute atomic E-state index is 0.0376. The van der Waals surface area contributed by atoms with E-state index in [1.54, 1.807) is 4.68 Å². The Bertz CT molecular complexity index is 1010. The number of amides is 1. The molecule has 0 atom stereocenters. The van der Waals surface area contributed by atoms with Gasteiger partial charge in [-0.15, -0.1) is 0 Å². The summed E-state index contributed by atoms with van der Waals surface area (Å²) in [5, 5.41) is 4.40. The molecule has 9 nitrogen and oxygen atoms in total. The highest BCUT2D eigenvalue weighted by Gasteiger charge is 2.24. The smallest absolute Gasteiger partial charge is 0.330 e. The number of nitrogen functional groups attached to an aromatic ring is 1. The van der Waals surface area contributed by atoms with Gasteiger partial charge in [-0.2, -0.15) is 5.10 Å². The molecule has 0 aliphatic heterocycles. The van der Waals surface area contributed by atoms with Crippen LogP contribution in [0.2, 0.25) is 0 Å². The molecule has 30 heavy (non-hydrogen) atoms. The van der Waals surface area contributed by atoms with Crippen LogP contribution in [0.5, 0.6) is 0 Å². The molecule has 0 aromatic carbocycles. The molecular weight excluding hydrogens is 384 g/mol. The molecule has 0 radical (unpaired) electrons. The molecular formula is C21H34N6O3. The van der Waals surface area contributed by atoms with Crippen LogP contribution in [0.4, 0.5) is 11.5 Å². The number of aromatic amines is 1. The van der Waals surface area contributed by atoms with Crippen LogP contribution in [0.1, 0.15) is 57.0 Å². The number of aromatic nitrogens is 4. The van der Waals surface area contributed by atoms with E-state index in [4.69, 9.17) is 5.73 Å². The number of carbonyl (C=O) groups excluding carboxylic acids is 1. The number of H-pyrrole nitrogens is 1. The molecule has 0 aliphatic carbocycles. The molecule has 9 heteroatoms. The Morgan fingerprint density at radius 3 is 2.47 bits per heavy atom. The maximum absolute atomic E-state index is 13.2. The summed E-state index contributed by atoms with van der Waals surface area (Å²) in [6, 6.07) is 0. The summed E-state index contributed by atoms with van der Waals surface area (Å²) in [6.45, 7) is 10.5. The summed E-state index contributed by atoms with van der Waals surface area (Å²) in [4.78, 5) is 41.8. The summed E-state index contributed by atoms with van der Waals surface area (Å²) < 4.78 is 3.14. The van der Waals surface area contributed by atoms with Gasteiger partial charge >= 0.3 is 5.69 Å².